The van der Waals surface area contributed by atoms with E-state index in [1.54, 1.807) is 0 Å². The first kappa shape index (κ1) is 17.7. The van der Waals surface area contributed by atoms with Gasteiger partial charge in [0.15, 0.2) is 0 Å². The molecule has 0 amide bonds. The topological polar surface area (TPSA) is 81.3 Å². The summed E-state index contributed by atoms with van der Waals surface area (Å²) in [6.45, 7) is 1.67. The molecule has 27 heavy (non-hydrogen) atoms. The predicted molar refractivity (Wildman–Crippen MR) is 105 cm³/mol. The van der Waals surface area contributed by atoms with Gasteiger partial charge in [-0.15, -0.1) is 11.3 Å². The van der Waals surface area contributed by atoms with Crippen molar-refractivity contribution in [2.24, 2.45) is 0 Å². The minimum absolute atomic E-state index is 0.137. The molecule has 0 saturated carbocycles. The van der Waals surface area contributed by atoms with E-state index in [0.717, 1.165) is 47.3 Å². The maximum atomic E-state index is 13.2. The van der Waals surface area contributed by atoms with Crippen molar-refractivity contribution in [3.8, 4) is 0 Å². The van der Waals surface area contributed by atoms with Gasteiger partial charge in [-0.2, -0.15) is 0 Å². The second-order valence-corrected chi connectivity index (χ2v) is 8.11. The second-order valence-electron chi connectivity index (χ2n) is 7.03. The van der Waals surface area contributed by atoms with Gasteiger partial charge in [0.05, 0.1) is 11.9 Å². The minimum atomic E-state index is -1.09. The number of aromatic nitrogens is 2. The molecule has 140 valence electrons. The zero-order chi connectivity index (χ0) is 19.1. The fraction of sp³-hybridized carbons (Fsp3) is 0.350. The average molecular weight is 384 g/mol. The van der Waals surface area contributed by atoms with Crippen molar-refractivity contribution >= 4 is 27.5 Å². The lowest BCUT2D eigenvalue weighted by molar-refractivity contribution is -0.137. The van der Waals surface area contributed by atoms with Gasteiger partial charge >= 0.3 is 11.7 Å². The Hall–Kier alpha value is -2.67. The second kappa shape index (κ2) is 6.81. The van der Waals surface area contributed by atoms with E-state index >= 15 is 0 Å². The smallest absolute Gasteiger partial charge is 0.332 e. The van der Waals surface area contributed by atoms with Crippen molar-refractivity contribution in [2.75, 3.05) is 0 Å². The number of aryl methyl sites for hydroxylation is 3. The summed E-state index contributed by atoms with van der Waals surface area (Å²) < 4.78 is 2.42. The molecule has 0 bridgehead atoms. The zero-order valence-corrected chi connectivity index (χ0v) is 15.8. The number of benzene rings is 1. The van der Waals surface area contributed by atoms with E-state index < -0.39 is 18.2 Å². The number of carboxylic acid groups (broad SMARTS) is 1. The number of hydrogen-bond donors (Lipinski definition) is 1. The molecule has 0 spiro atoms. The van der Waals surface area contributed by atoms with Crippen molar-refractivity contribution in [2.45, 2.75) is 45.7 Å². The Morgan fingerprint density at radius 1 is 1.11 bits per heavy atom. The van der Waals surface area contributed by atoms with Crippen LogP contribution in [-0.4, -0.2) is 20.2 Å². The third-order valence-electron chi connectivity index (χ3n) is 5.07. The lowest BCUT2D eigenvalue weighted by Gasteiger charge is -2.12. The SMILES string of the molecule is Cc1ccc(Cn2c(=O)c3c4c(sc3n(CC(=O)O)c2=O)CCCC4)cc1. The molecule has 0 saturated heterocycles. The van der Waals surface area contributed by atoms with Gasteiger partial charge < -0.3 is 5.11 Å². The van der Waals surface area contributed by atoms with Crippen LogP contribution in [0.15, 0.2) is 33.9 Å². The normalized spacial score (nSPS) is 13.7. The Bertz CT molecular complexity index is 1150. The number of rotatable bonds is 4. The number of carbonyl (C=O) groups is 1. The highest BCUT2D eigenvalue weighted by Crippen LogP contribution is 2.34. The van der Waals surface area contributed by atoms with Gasteiger partial charge in [-0.25, -0.2) is 4.79 Å². The molecule has 6 nitrogen and oxygen atoms in total. The van der Waals surface area contributed by atoms with E-state index in [1.165, 1.54) is 20.5 Å². The molecule has 2 aromatic heterocycles. The molecule has 0 fully saturated rings. The van der Waals surface area contributed by atoms with Gasteiger partial charge in [0.2, 0.25) is 0 Å². The standard InChI is InChI=1S/C20H20N2O4S/c1-12-6-8-13(9-7-12)10-21-18(25)17-14-4-2-3-5-15(14)27-19(17)22(20(21)26)11-16(23)24/h6-9H,2-5,10-11H2,1H3,(H,23,24). The number of fused-ring (bicyclic) bond motifs is 3. The van der Waals surface area contributed by atoms with Gasteiger partial charge in [0.1, 0.15) is 11.4 Å². The monoisotopic (exact) mass is 384 g/mol. The van der Waals surface area contributed by atoms with Crippen molar-refractivity contribution in [1.29, 1.82) is 0 Å². The molecule has 1 aromatic carbocycles. The van der Waals surface area contributed by atoms with E-state index in [-0.39, 0.29) is 12.1 Å². The Balaban J connectivity index is 1.97. The molecule has 2 heterocycles. The summed E-state index contributed by atoms with van der Waals surface area (Å²) in [5.74, 6) is -1.09. The first-order valence-corrected chi connectivity index (χ1v) is 9.82. The largest absolute Gasteiger partial charge is 0.480 e. The summed E-state index contributed by atoms with van der Waals surface area (Å²) in [5.41, 5.74) is 2.07. The molecule has 3 aromatic rings. The van der Waals surface area contributed by atoms with Crippen molar-refractivity contribution < 1.29 is 9.90 Å². The fourth-order valence-electron chi connectivity index (χ4n) is 3.71. The predicted octanol–water partition coefficient (Wildman–Crippen LogP) is 2.54. The molecular weight excluding hydrogens is 364 g/mol. The van der Waals surface area contributed by atoms with E-state index in [4.69, 9.17) is 0 Å². The highest BCUT2D eigenvalue weighted by Gasteiger charge is 2.24. The number of thiophene rings is 1. The number of carboxylic acids is 1. The summed E-state index contributed by atoms with van der Waals surface area (Å²) in [4.78, 5) is 39.2. The van der Waals surface area contributed by atoms with Crippen LogP contribution in [0.2, 0.25) is 0 Å². The molecule has 0 radical (unpaired) electrons. The maximum absolute atomic E-state index is 13.2. The summed E-state index contributed by atoms with van der Waals surface area (Å²) in [5, 5.41) is 9.82. The van der Waals surface area contributed by atoms with Crippen molar-refractivity contribution in [1.82, 2.24) is 9.13 Å². The molecule has 0 aliphatic heterocycles. The van der Waals surface area contributed by atoms with Crippen molar-refractivity contribution in [3.05, 3.63) is 66.7 Å². The van der Waals surface area contributed by atoms with Crippen molar-refractivity contribution in [3.63, 3.8) is 0 Å². The van der Waals surface area contributed by atoms with Crippen LogP contribution in [0.3, 0.4) is 0 Å². The van der Waals surface area contributed by atoms with Crippen LogP contribution in [-0.2, 0) is 30.7 Å². The van der Waals surface area contributed by atoms with Crippen LogP contribution < -0.4 is 11.2 Å². The Labute approximate surface area is 159 Å². The van der Waals surface area contributed by atoms with Gasteiger partial charge in [-0.3, -0.25) is 18.7 Å². The van der Waals surface area contributed by atoms with E-state index in [1.807, 2.05) is 31.2 Å². The van der Waals surface area contributed by atoms with Crippen LogP contribution in [0, 0.1) is 6.92 Å². The first-order chi connectivity index (χ1) is 13.0. The molecule has 4 rings (SSSR count). The van der Waals surface area contributed by atoms with Crippen LogP contribution in [0.4, 0.5) is 0 Å². The van der Waals surface area contributed by atoms with E-state index in [2.05, 4.69) is 0 Å². The van der Waals surface area contributed by atoms with Crippen LogP contribution >= 0.6 is 11.3 Å². The highest BCUT2D eigenvalue weighted by molar-refractivity contribution is 7.18. The number of aliphatic carboxylic acids is 1. The third kappa shape index (κ3) is 3.12. The lowest BCUT2D eigenvalue weighted by atomic mass is 9.97. The zero-order valence-electron chi connectivity index (χ0n) is 15.0. The van der Waals surface area contributed by atoms with E-state index in [0.29, 0.717) is 10.2 Å². The molecule has 1 aliphatic rings. The quantitative estimate of drug-likeness (QED) is 0.750. The lowest BCUT2D eigenvalue weighted by Crippen LogP contribution is -2.41. The van der Waals surface area contributed by atoms with Gasteiger partial charge in [-0.05, 0) is 43.7 Å². The van der Waals surface area contributed by atoms with Crippen LogP contribution in [0.1, 0.15) is 34.4 Å². The summed E-state index contributed by atoms with van der Waals surface area (Å²) in [6, 6.07) is 7.63. The van der Waals surface area contributed by atoms with Crippen LogP contribution in [0.5, 0.6) is 0 Å². The maximum Gasteiger partial charge on any atom is 0.332 e. The summed E-state index contributed by atoms with van der Waals surface area (Å²) in [6.07, 6.45) is 3.75. The first-order valence-electron chi connectivity index (χ1n) is 9.01. The average Bonchev–Trinajstić information content (AvgIpc) is 3.03. The fourth-order valence-corrected chi connectivity index (χ4v) is 5.08. The molecule has 0 atom stereocenters. The Kier molecular flexibility index (Phi) is 4.47. The molecule has 0 unspecified atom stereocenters. The molecule has 7 heteroatoms. The molecule has 1 N–H and O–H groups in total. The van der Waals surface area contributed by atoms with E-state index in [9.17, 15) is 19.5 Å². The number of hydrogen-bond acceptors (Lipinski definition) is 4. The van der Waals surface area contributed by atoms with Gasteiger partial charge in [0, 0.05) is 4.88 Å². The van der Waals surface area contributed by atoms with Gasteiger partial charge in [0.25, 0.3) is 5.56 Å². The Morgan fingerprint density at radius 2 is 1.81 bits per heavy atom. The summed E-state index contributed by atoms with van der Waals surface area (Å²) in [7, 11) is 0. The number of nitrogens with zero attached hydrogens (tertiary/aromatic N) is 2. The van der Waals surface area contributed by atoms with Gasteiger partial charge in [-0.1, -0.05) is 29.8 Å². The minimum Gasteiger partial charge on any atom is -0.480 e. The molecular formula is C20H20N2O4S. The third-order valence-corrected chi connectivity index (χ3v) is 6.39. The Morgan fingerprint density at radius 3 is 2.52 bits per heavy atom. The molecule has 1 aliphatic carbocycles. The highest BCUT2D eigenvalue weighted by atomic mass is 32.1. The summed E-state index contributed by atoms with van der Waals surface area (Å²) >= 11 is 1.40. The van der Waals surface area contributed by atoms with Crippen LogP contribution in [0.25, 0.3) is 10.2 Å².